The lowest BCUT2D eigenvalue weighted by Crippen LogP contribution is -2.46. The first-order chi connectivity index (χ1) is 9.65. The van der Waals surface area contributed by atoms with Crippen molar-refractivity contribution in [2.24, 2.45) is 18.7 Å². The Kier molecular flexibility index (Phi) is 5.17. The number of aryl methyl sites for hydroxylation is 2. The predicted molar refractivity (Wildman–Crippen MR) is 79.5 cm³/mol. The van der Waals surface area contributed by atoms with E-state index in [1.54, 1.807) is 10.9 Å². The first-order valence-corrected chi connectivity index (χ1v) is 7.69. The highest BCUT2D eigenvalue weighted by atomic mass is 16.1. The first kappa shape index (κ1) is 15.0. The summed E-state index contributed by atoms with van der Waals surface area (Å²) in [7, 11) is 1.84. The van der Waals surface area contributed by atoms with Gasteiger partial charge in [0.1, 0.15) is 0 Å². The quantitative estimate of drug-likeness (QED) is 0.859. The zero-order chi connectivity index (χ0) is 14.5. The molecule has 3 N–H and O–H groups in total. The molecule has 1 aromatic heterocycles. The van der Waals surface area contributed by atoms with Crippen molar-refractivity contribution in [3.05, 3.63) is 17.5 Å². The number of rotatable bonds is 5. The lowest BCUT2D eigenvalue weighted by molar-refractivity contribution is 0.0914. The molecule has 1 fully saturated rings. The van der Waals surface area contributed by atoms with E-state index < -0.39 is 0 Å². The minimum Gasteiger partial charge on any atom is -0.348 e. The summed E-state index contributed by atoms with van der Waals surface area (Å²) < 4.78 is 1.70. The average molecular weight is 278 g/mol. The number of amides is 1. The molecule has 0 aliphatic heterocycles. The van der Waals surface area contributed by atoms with Gasteiger partial charge in [-0.25, -0.2) is 0 Å². The number of hydrogen-bond acceptors (Lipinski definition) is 3. The molecule has 1 aliphatic carbocycles. The normalized spacial score (nSPS) is 17.9. The average Bonchev–Trinajstić information content (AvgIpc) is 2.86. The number of carbonyl (C=O) groups is 1. The summed E-state index contributed by atoms with van der Waals surface area (Å²) in [6, 6.07) is 0.0905. The molecule has 0 aromatic carbocycles. The lowest BCUT2D eigenvalue weighted by Gasteiger charge is -2.30. The summed E-state index contributed by atoms with van der Waals surface area (Å²) >= 11 is 0. The SMILES string of the molecule is CCc1nn(C)cc1C(=O)NC(CN)C1CCCCC1. The smallest absolute Gasteiger partial charge is 0.255 e. The van der Waals surface area contributed by atoms with Crippen LogP contribution in [0.3, 0.4) is 0 Å². The van der Waals surface area contributed by atoms with Crippen LogP contribution >= 0.6 is 0 Å². The second-order valence-corrected chi connectivity index (χ2v) is 5.73. The van der Waals surface area contributed by atoms with Gasteiger partial charge < -0.3 is 11.1 Å². The highest BCUT2D eigenvalue weighted by Gasteiger charge is 2.25. The number of nitrogens with two attached hydrogens (primary N) is 1. The van der Waals surface area contributed by atoms with Crippen LogP contribution in [0, 0.1) is 5.92 Å². The third-order valence-corrected chi connectivity index (χ3v) is 4.27. The monoisotopic (exact) mass is 278 g/mol. The Morgan fingerprint density at radius 3 is 2.80 bits per heavy atom. The number of nitrogens with one attached hydrogen (secondary N) is 1. The van der Waals surface area contributed by atoms with E-state index in [2.05, 4.69) is 10.4 Å². The minimum atomic E-state index is -0.0315. The van der Waals surface area contributed by atoms with E-state index in [-0.39, 0.29) is 11.9 Å². The minimum absolute atomic E-state index is 0.0315. The van der Waals surface area contributed by atoms with Gasteiger partial charge in [-0.15, -0.1) is 0 Å². The van der Waals surface area contributed by atoms with Gasteiger partial charge in [-0.2, -0.15) is 5.10 Å². The Balaban J connectivity index is 2.04. The Morgan fingerprint density at radius 1 is 1.50 bits per heavy atom. The third-order valence-electron chi connectivity index (χ3n) is 4.27. The van der Waals surface area contributed by atoms with Crippen LogP contribution in [0.5, 0.6) is 0 Å². The second-order valence-electron chi connectivity index (χ2n) is 5.73. The van der Waals surface area contributed by atoms with Gasteiger partial charge in [0.25, 0.3) is 5.91 Å². The molecule has 112 valence electrons. The van der Waals surface area contributed by atoms with E-state index in [0.29, 0.717) is 18.0 Å². The Labute approximate surface area is 120 Å². The van der Waals surface area contributed by atoms with Gasteiger partial charge in [0.2, 0.25) is 0 Å². The summed E-state index contributed by atoms with van der Waals surface area (Å²) in [6.45, 7) is 2.53. The van der Waals surface area contributed by atoms with E-state index in [9.17, 15) is 4.79 Å². The molecule has 0 radical (unpaired) electrons. The Bertz CT molecular complexity index is 449. The number of aromatic nitrogens is 2. The van der Waals surface area contributed by atoms with Crippen LogP contribution in [0.25, 0.3) is 0 Å². The van der Waals surface area contributed by atoms with Gasteiger partial charge in [0.15, 0.2) is 0 Å². The zero-order valence-electron chi connectivity index (χ0n) is 12.6. The molecule has 5 heteroatoms. The van der Waals surface area contributed by atoms with E-state index in [1.165, 1.54) is 32.1 Å². The second kappa shape index (κ2) is 6.88. The molecule has 0 bridgehead atoms. The molecular formula is C15H26N4O. The van der Waals surface area contributed by atoms with Crippen molar-refractivity contribution in [3.8, 4) is 0 Å². The van der Waals surface area contributed by atoms with Crippen molar-refractivity contribution in [1.29, 1.82) is 0 Å². The molecule has 1 aromatic rings. The van der Waals surface area contributed by atoms with E-state index in [4.69, 9.17) is 5.73 Å². The highest BCUT2D eigenvalue weighted by Crippen LogP contribution is 2.26. The highest BCUT2D eigenvalue weighted by molar-refractivity contribution is 5.95. The van der Waals surface area contributed by atoms with E-state index >= 15 is 0 Å². The fraction of sp³-hybridized carbons (Fsp3) is 0.733. The molecule has 1 saturated carbocycles. The van der Waals surface area contributed by atoms with Crippen LogP contribution in [0.1, 0.15) is 55.1 Å². The molecule has 0 saturated heterocycles. The summed E-state index contributed by atoms with van der Waals surface area (Å²) in [5.74, 6) is 0.496. The Morgan fingerprint density at radius 2 is 2.20 bits per heavy atom. The van der Waals surface area contributed by atoms with Gasteiger partial charge in [-0.3, -0.25) is 9.48 Å². The van der Waals surface area contributed by atoms with Crippen molar-refractivity contribution >= 4 is 5.91 Å². The first-order valence-electron chi connectivity index (χ1n) is 7.69. The predicted octanol–water partition coefficient (Wildman–Crippen LogP) is 1.62. The fourth-order valence-corrected chi connectivity index (χ4v) is 3.14. The maximum absolute atomic E-state index is 12.4. The van der Waals surface area contributed by atoms with Crippen molar-refractivity contribution in [2.45, 2.75) is 51.5 Å². The maximum Gasteiger partial charge on any atom is 0.255 e. The maximum atomic E-state index is 12.4. The van der Waals surface area contributed by atoms with Crippen molar-refractivity contribution in [1.82, 2.24) is 15.1 Å². The van der Waals surface area contributed by atoms with Crippen LogP contribution in [0.4, 0.5) is 0 Å². The summed E-state index contributed by atoms with van der Waals surface area (Å²) in [5.41, 5.74) is 7.41. The summed E-state index contributed by atoms with van der Waals surface area (Å²) in [5, 5.41) is 7.44. The van der Waals surface area contributed by atoms with Crippen LogP contribution in [0.15, 0.2) is 6.20 Å². The van der Waals surface area contributed by atoms with Gasteiger partial charge in [0, 0.05) is 25.8 Å². The van der Waals surface area contributed by atoms with Crippen molar-refractivity contribution in [3.63, 3.8) is 0 Å². The largest absolute Gasteiger partial charge is 0.348 e. The number of carbonyl (C=O) groups excluding carboxylic acids is 1. The summed E-state index contributed by atoms with van der Waals surface area (Å²) in [4.78, 5) is 12.4. The standard InChI is InChI=1S/C15H26N4O/c1-3-13-12(10-19(2)18-13)15(20)17-14(9-16)11-7-5-4-6-8-11/h10-11,14H,3-9,16H2,1-2H3,(H,17,20). The molecule has 1 unspecified atom stereocenters. The molecule has 5 nitrogen and oxygen atoms in total. The molecular weight excluding hydrogens is 252 g/mol. The Hall–Kier alpha value is -1.36. The molecule has 1 amide bonds. The zero-order valence-corrected chi connectivity index (χ0v) is 12.6. The van der Waals surface area contributed by atoms with Crippen LogP contribution in [-0.4, -0.2) is 28.3 Å². The topological polar surface area (TPSA) is 72.9 Å². The molecule has 20 heavy (non-hydrogen) atoms. The molecule has 0 spiro atoms. The van der Waals surface area contributed by atoms with Gasteiger partial charge in [-0.1, -0.05) is 26.2 Å². The van der Waals surface area contributed by atoms with Gasteiger partial charge in [0.05, 0.1) is 11.3 Å². The van der Waals surface area contributed by atoms with Crippen molar-refractivity contribution < 1.29 is 4.79 Å². The van der Waals surface area contributed by atoms with Crippen LogP contribution in [-0.2, 0) is 13.5 Å². The van der Waals surface area contributed by atoms with E-state index in [0.717, 1.165) is 12.1 Å². The van der Waals surface area contributed by atoms with Crippen LogP contribution < -0.4 is 11.1 Å². The molecule has 2 rings (SSSR count). The molecule has 1 heterocycles. The number of nitrogens with zero attached hydrogens (tertiary/aromatic N) is 2. The van der Waals surface area contributed by atoms with Crippen molar-refractivity contribution in [2.75, 3.05) is 6.54 Å². The fourth-order valence-electron chi connectivity index (χ4n) is 3.14. The van der Waals surface area contributed by atoms with Gasteiger partial charge >= 0.3 is 0 Å². The summed E-state index contributed by atoms with van der Waals surface area (Å²) in [6.07, 6.45) is 8.73. The number of hydrogen-bond donors (Lipinski definition) is 2. The van der Waals surface area contributed by atoms with Crippen LogP contribution in [0.2, 0.25) is 0 Å². The molecule has 1 atom stereocenters. The lowest BCUT2D eigenvalue weighted by atomic mass is 9.84. The van der Waals surface area contributed by atoms with E-state index in [1.807, 2.05) is 14.0 Å². The molecule has 1 aliphatic rings. The third kappa shape index (κ3) is 3.39. The van der Waals surface area contributed by atoms with Gasteiger partial charge in [-0.05, 0) is 25.2 Å².